The largest absolute Gasteiger partial charge is 0.497 e. The van der Waals surface area contributed by atoms with Gasteiger partial charge >= 0.3 is 0 Å². The maximum atomic E-state index is 10.3. The number of hydrogen-bond donors (Lipinski definition) is 0. The quantitative estimate of drug-likeness (QED) is 0.528. The minimum Gasteiger partial charge on any atom is -0.497 e. The molecule has 1 heterocycles. The molecule has 0 fully saturated rings. The predicted molar refractivity (Wildman–Crippen MR) is 87.3 cm³/mol. The fourth-order valence-corrected chi connectivity index (χ4v) is 2.89. The summed E-state index contributed by atoms with van der Waals surface area (Å²) in [5, 5.41) is 2.89. The van der Waals surface area contributed by atoms with E-state index < -0.39 is 0 Å². The van der Waals surface area contributed by atoms with E-state index in [2.05, 4.69) is 9.98 Å². The van der Waals surface area contributed by atoms with E-state index >= 15 is 0 Å². The first kappa shape index (κ1) is 14.2. The van der Waals surface area contributed by atoms with Crippen molar-refractivity contribution < 1.29 is 9.53 Å². The highest BCUT2D eigenvalue weighted by molar-refractivity contribution is 7.13. The van der Waals surface area contributed by atoms with Gasteiger partial charge in [0.2, 0.25) is 6.08 Å². The summed E-state index contributed by atoms with van der Waals surface area (Å²) >= 11 is 1.55. The first-order chi connectivity index (χ1) is 10.8. The second-order valence-corrected chi connectivity index (χ2v) is 5.38. The third-order valence-electron chi connectivity index (χ3n) is 3.16. The molecule has 1 aromatic heterocycles. The molecule has 108 valence electrons. The van der Waals surface area contributed by atoms with E-state index in [1.807, 2.05) is 47.8 Å². The lowest BCUT2D eigenvalue weighted by molar-refractivity contribution is 0.415. The molecule has 0 aliphatic rings. The van der Waals surface area contributed by atoms with E-state index in [-0.39, 0.29) is 0 Å². The van der Waals surface area contributed by atoms with Crippen molar-refractivity contribution in [2.75, 3.05) is 7.11 Å². The number of hydrogen-bond acceptors (Lipinski definition) is 5. The molecule has 0 bridgehead atoms. The van der Waals surface area contributed by atoms with E-state index in [0.717, 1.165) is 27.6 Å². The van der Waals surface area contributed by atoms with Gasteiger partial charge in [0.05, 0.1) is 18.5 Å². The molecule has 22 heavy (non-hydrogen) atoms. The van der Waals surface area contributed by atoms with Crippen LogP contribution >= 0.6 is 11.3 Å². The lowest BCUT2D eigenvalue weighted by atomic mass is 10.1. The average molecular weight is 308 g/mol. The Morgan fingerprint density at radius 1 is 1.14 bits per heavy atom. The Morgan fingerprint density at radius 2 is 1.95 bits per heavy atom. The Kier molecular flexibility index (Phi) is 4.10. The van der Waals surface area contributed by atoms with Crippen LogP contribution in [0.5, 0.6) is 5.75 Å². The smallest absolute Gasteiger partial charge is 0.240 e. The number of thiazole rings is 1. The number of isocyanates is 1. The minimum absolute atomic E-state index is 0.577. The Balaban J connectivity index is 1.92. The van der Waals surface area contributed by atoms with Crippen molar-refractivity contribution >= 4 is 23.1 Å². The third kappa shape index (κ3) is 2.96. The van der Waals surface area contributed by atoms with Crippen LogP contribution in [0.4, 0.5) is 5.69 Å². The highest BCUT2D eigenvalue weighted by Crippen LogP contribution is 2.31. The summed E-state index contributed by atoms with van der Waals surface area (Å²) < 4.78 is 5.16. The van der Waals surface area contributed by atoms with Crippen LogP contribution in [0, 0.1) is 0 Å². The highest BCUT2D eigenvalue weighted by atomic mass is 32.1. The van der Waals surface area contributed by atoms with Gasteiger partial charge in [-0.15, -0.1) is 11.3 Å². The van der Waals surface area contributed by atoms with Crippen LogP contribution in [0.3, 0.4) is 0 Å². The summed E-state index contributed by atoms with van der Waals surface area (Å²) in [5.41, 5.74) is 3.45. The van der Waals surface area contributed by atoms with Crippen LogP contribution < -0.4 is 4.74 Å². The number of aliphatic imine (C=N–C) groups is 1. The highest BCUT2D eigenvalue weighted by Gasteiger charge is 2.07. The van der Waals surface area contributed by atoms with Crippen LogP contribution in [0.25, 0.3) is 21.8 Å². The molecule has 0 radical (unpaired) electrons. The van der Waals surface area contributed by atoms with Gasteiger partial charge in [-0.25, -0.2) is 9.78 Å². The summed E-state index contributed by atoms with van der Waals surface area (Å²) in [6.45, 7) is 0. The molecule has 2 aromatic carbocycles. The first-order valence-electron chi connectivity index (χ1n) is 6.58. The van der Waals surface area contributed by atoms with Crippen molar-refractivity contribution in [2.45, 2.75) is 0 Å². The number of ether oxygens (including phenoxy) is 1. The maximum absolute atomic E-state index is 10.3. The zero-order valence-electron chi connectivity index (χ0n) is 11.8. The maximum Gasteiger partial charge on any atom is 0.240 e. The van der Waals surface area contributed by atoms with Gasteiger partial charge in [-0.05, 0) is 36.4 Å². The Labute approximate surface area is 131 Å². The number of methoxy groups -OCH3 is 1. The molecule has 0 saturated heterocycles. The van der Waals surface area contributed by atoms with Gasteiger partial charge in [0.1, 0.15) is 10.8 Å². The van der Waals surface area contributed by atoms with Crippen LogP contribution in [-0.4, -0.2) is 18.2 Å². The Hall–Kier alpha value is -2.75. The average Bonchev–Trinajstić information content (AvgIpc) is 3.06. The van der Waals surface area contributed by atoms with Gasteiger partial charge in [0, 0.05) is 16.5 Å². The zero-order valence-corrected chi connectivity index (χ0v) is 12.6. The van der Waals surface area contributed by atoms with Gasteiger partial charge in [0.25, 0.3) is 0 Å². The summed E-state index contributed by atoms with van der Waals surface area (Å²) in [6.07, 6.45) is 1.55. The molecule has 3 aromatic rings. The molecule has 0 N–H and O–H groups in total. The van der Waals surface area contributed by atoms with Crippen molar-refractivity contribution in [2.24, 2.45) is 4.99 Å². The summed E-state index contributed by atoms with van der Waals surface area (Å²) in [7, 11) is 1.64. The molecule has 0 atom stereocenters. The topological polar surface area (TPSA) is 51.5 Å². The Bertz CT molecular complexity index is 834. The number of carbonyl (C=O) groups excluding carboxylic acids is 1. The zero-order chi connectivity index (χ0) is 15.4. The van der Waals surface area contributed by atoms with Crippen molar-refractivity contribution in [3.63, 3.8) is 0 Å². The molecule has 0 aliphatic heterocycles. The van der Waals surface area contributed by atoms with Crippen LogP contribution in [0.1, 0.15) is 0 Å². The summed E-state index contributed by atoms with van der Waals surface area (Å²) in [5.74, 6) is 0.818. The fraction of sp³-hybridized carbons (Fsp3) is 0.0588. The fourth-order valence-electron chi connectivity index (χ4n) is 2.06. The van der Waals surface area contributed by atoms with E-state index in [1.165, 1.54) is 0 Å². The number of nitrogens with zero attached hydrogens (tertiary/aromatic N) is 2. The third-order valence-corrected chi connectivity index (χ3v) is 4.05. The molecule has 0 aliphatic carbocycles. The number of aromatic nitrogens is 1. The van der Waals surface area contributed by atoms with E-state index in [0.29, 0.717) is 5.69 Å². The lowest BCUT2D eigenvalue weighted by Gasteiger charge is -2.00. The van der Waals surface area contributed by atoms with E-state index in [4.69, 9.17) is 4.74 Å². The molecule has 0 spiro atoms. The van der Waals surface area contributed by atoms with Gasteiger partial charge in [-0.2, -0.15) is 4.99 Å². The molecule has 4 nitrogen and oxygen atoms in total. The molecule has 0 saturated carbocycles. The number of benzene rings is 2. The van der Waals surface area contributed by atoms with E-state index in [1.54, 1.807) is 30.6 Å². The van der Waals surface area contributed by atoms with Crippen LogP contribution in [0.15, 0.2) is 58.9 Å². The van der Waals surface area contributed by atoms with Gasteiger partial charge in [-0.1, -0.05) is 12.1 Å². The SMILES string of the molecule is COc1ccc(-c2csc(-c3cccc(N=C=O)c3)n2)cc1. The van der Waals surface area contributed by atoms with Crippen molar-refractivity contribution in [3.05, 3.63) is 53.9 Å². The van der Waals surface area contributed by atoms with Crippen molar-refractivity contribution in [3.8, 4) is 27.6 Å². The molecule has 5 heteroatoms. The first-order valence-corrected chi connectivity index (χ1v) is 7.46. The van der Waals surface area contributed by atoms with Crippen molar-refractivity contribution in [1.82, 2.24) is 4.98 Å². The second-order valence-electron chi connectivity index (χ2n) is 4.52. The minimum atomic E-state index is 0.577. The van der Waals surface area contributed by atoms with Crippen LogP contribution in [0.2, 0.25) is 0 Å². The number of rotatable bonds is 4. The monoisotopic (exact) mass is 308 g/mol. The normalized spacial score (nSPS) is 10.0. The van der Waals surface area contributed by atoms with Gasteiger partial charge in [-0.3, -0.25) is 0 Å². The molecular weight excluding hydrogens is 296 g/mol. The van der Waals surface area contributed by atoms with Gasteiger partial charge < -0.3 is 4.74 Å². The molecule has 3 rings (SSSR count). The lowest BCUT2D eigenvalue weighted by Crippen LogP contribution is -1.83. The van der Waals surface area contributed by atoms with E-state index in [9.17, 15) is 4.79 Å². The standard InChI is InChI=1S/C17H12N2O2S/c1-21-15-7-5-12(6-8-15)16-10-22-17(19-16)13-3-2-4-14(9-13)18-11-20/h2-10H,1H3. The van der Waals surface area contributed by atoms with Crippen molar-refractivity contribution in [1.29, 1.82) is 0 Å². The second kappa shape index (κ2) is 6.35. The molecule has 0 unspecified atom stereocenters. The molecule has 0 amide bonds. The van der Waals surface area contributed by atoms with Crippen LogP contribution in [-0.2, 0) is 4.79 Å². The Morgan fingerprint density at radius 3 is 2.68 bits per heavy atom. The van der Waals surface area contributed by atoms with Gasteiger partial charge in [0.15, 0.2) is 0 Å². The summed E-state index contributed by atoms with van der Waals surface area (Å²) in [4.78, 5) is 18.6. The summed E-state index contributed by atoms with van der Waals surface area (Å²) in [6, 6.07) is 15.1. The predicted octanol–water partition coefficient (Wildman–Crippen LogP) is 4.45. The molecular formula is C17H12N2O2S.